The van der Waals surface area contributed by atoms with E-state index in [2.05, 4.69) is 9.89 Å². The lowest BCUT2D eigenvalue weighted by molar-refractivity contribution is 0.0593. The molecule has 0 spiro atoms. The molecule has 1 heterocycles. The molecule has 1 aromatic rings. The molecule has 1 aromatic heterocycles. The predicted molar refractivity (Wildman–Crippen MR) is 61.1 cm³/mol. The fraction of sp³-hybridized carbons (Fsp3) is 0.583. The van der Waals surface area contributed by atoms with E-state index in [1.807, 2.05) is 13.8 Å². The standard InChI is InChI=1S/C12H17NO4/c1-4-6-7-9(14)11-10(12(15)16-3)8(5-2)13-17-11/h4-7H2,1-3H3. The van der Waals surface area contributed by atoms with Gasteiger partial charge in [-0.2, -0.15) is 0 Å². The van der Waals surface area contributed by atoms with Gasteiger partial charge in [0.1, 0.15) is 5.56 Å². The van der Waals surface area contributed by atoms with Crippen LogP contribution >= 0.6 is 0 Å². The number of aromatic nitrogens is 1. The average Bonchev–Trinajstić information content (AvgIpc) is 2.78. The molecular weight excluding hydrogens is 222 g/mol. The van der Waals surface area contributed by atoms with Crippen molar-refractivity contribution < 1.29 is 18.8 Å². The second-order valence-electron chi connectivity index (χ2n) is 3.71. The summed E-state index contributed by atoms with van der Waals surface area (Å²) in [6.45, 7) is 3.83. The monoisotopic (exact) mass is 239 g/mol. The first-order valence-corrected chi connectivity index (χ1v) is 5.75. The summed E-state index contributed by atoms with van der Waals surface area (Å²) in [6.07, 6.45) is 2.56. The van der Waals surface area contributed by atoms with Crippen LogP contribution in [0.1, 0.15) is 59.7 Å². The van der Waals surface area contributed by atoms with Gasteiger partial charge >= 0.3 is 5.97 Å². The molecule has 0 saturated carbocycles. The van der Waals surface area contributed by atoms with Crippen molar-refractivity contribution in [1.29, 1.82) is 0 Å². The molecule has 0 atom stereocenters. The molecule has 0 aliphatic carbocycles. The van der Waals surface area contributed by atoms with E-state index in [9.17, 15) is 9.59 Å². The van der Waals surface area contributed by atoms with Gasteiger partial charge in [0.15, 0.2) is 0 Å². The van der Waals surface area contributed by atoms with Crippen LogP contribution in [0.15, 0.2) is 4.52 Å². The van der Waals surface area contributed by atoms with E-state index in [-0.39, 0.29) is 17.1 Å². The number of carbonyl (C=O) groups excluding carboxylic acids is 2. The lowest BCUT2D eigenvalue weighted by atomic mass is 10.1. The van der Waals surface area contributed by atoms with Crippen molar-refractivity contribution in [3.63, 3.8) is 0 Å². The van der Waals surface area contributed by atoms with E-state index >= 15 is 0 Å². The molecule has 5 heteroatoms. The zero-order valence-corrected chi connectivity index (χ0v) is 10.4. The topological polar surface area (TPSA) is 69.4 Å². The number of rotatable bonds is 6. The predicted octanol–water partition coefficient (Wildman–Crippen LogP) is 2.40. The van der Waals surface area contributed by atoms with Gasteiger partial charge in [0.05, 0.1) is 12.8 Å². The Morgan fingerprint density at radius 3 is 2.59 bits per heavy atom. The summed E-state index contributed by atoms with van der Waals surface area (Å²) in [5, 5.41) is 3.74. The Kier molecular flexibility index (Phi) is 4.87. The lowest BCUT2D eigenvalue weighted by Crippen LogP contribution is -2.10. The first-order chi connectivity index (χ1) is 8.15. The maximum absolute atomic E-state index is 11.8. The van der Waals surface area contributed by atoms with Gasteiger partial charge in [0.25, 0.3) is 0 Å². The SMILES string of the molecule is CCCCC(=O)c1onc(CC)c1C(=O)OC. The van der Waals surface area contributed by atoms with Crippen LogP contribution in [0.5, 0.6) is 0 Å². The Hall–Kier alpha value is -1.65. The maximum atomic E-state index is 11.8. The van der Waals surface area contributed by atoms with Crippen LogP contribution in [0.2, 0.25) is 0 Å². The zero-order valence-electron chi connectivity index (χ0n) is 10.4. The third kappa shape index (κ3) is 2.93. The first-order valence-electron chi connectivity index (χ1n) is 5.75. The van der Waals surface area contributed by atoms with Crippen LogP contribution in [-0.4, -0.2) is 24.0 Å². The molecule has 1 rings (SSSR count). The van der Waals surface area contributed by atoms with Crippen molar-refractivity contribution in [3.8, 4) is 0 Å². The summed E-state index contributed by atoms with van der Waals surface area (Å²) >= 11 is 0. The number of nitrogens with zero attached hydrogens (tertiary/aromatic N) is 1. The van der Waals surface area contributed by atoms with E-state index in [0.717, 1.165) is 12.8 Å². The van der Waals surface area contributed by atoms with Crippen molar-refractivity contribution in [1.82, 2.24) is 5.16 Å². The zero-order chi connectivity index (χ0) is 12.8. The minimum absolute atomic E-state index is 0.0298. The Labute approximate surface area is 100 Å². The second kappa shape index (κ2) is 6.18. The summed E-state index contributed by atoms with van der Waals surface area (Å²) in [5.74, 6) is -0.732. The molecule has 0 fully saturated rings. The molecular formula is C12H17NO4. The maximum Gasteiger partial charge on any atom is 0.343 e. The van der Waals surface area contributed by atoms with E-state index in [0.29, 0.717) is 18.5 Å². The van der Waals surface area contributed by atoms with Gasteiger partial charge in [-0.25, -0.2) is 4.79 Å². The van der Waals surface area contributed by atoms with E-state index in [1.54, 1.807) is 0 Å². The van der Waals surface area contributed by atoms with Crippen molar-refractivity contribution >= 4 is 11.8 Å². The molecule has 0 N–H and O–H groups in total. The quantitative estimate of drug-likeness (QED) is 0.563. The fourth-order valence-corrected chi connectivity index (χ4v) is 1.52. The van der Waals surface area contributed by atoms with Crippen LogP contribution in [0, 0.1) is 0 Å². The molecule has 0 aromatic carbocycles. The first kappa shape index (κ1) is 13.4. The molecule has 0 radical (unpaired) electrons. The number of hydrogen-bond acceptors (Lipinski definition) is 5. The summed E-state index contributed by atoms with van der Waals surface area (Å²) in [4.78, 5) is 23.4. The summed E-state index contributed by atoms with van der Waals surface area (Å²) in [7, 11) is 1.27. The Bertz CT molecular complexity index is 409. The number of methoxy groups -OCH3 is 1. The average molecular weight is 239 g/mol. The lowest BCUT2D eigenvalue weighted by Gasteiger charge is -2.00. The van der Waals surface area contributed by atoms with Gasteiger partial charge < -0.3 is 9.26 Å². The fourth-order valence-electron chi connectivity index (χ4n) is 1.52. The van der Waals surface area contributed by atoms with Crippen molar-refractivity contribution in [2.45, 2.75) is 39.5 Å². The summed E-state index contributed by atoms with van der Waals surface area (Å²) in [5.41, 5.74) is 0.646. The van der Waals surface area contributed by atoms with Crippen LogP contribution in [0.3, 0.4) is 0 Å². The second-order valence-corrected chi connectivity index (χ2v) is 3.71. The molecule has 0 saturated heterocycles. The molecule has 0 aliphatic heterocycles. The van der Waals surface area contributed by atoms with Gasteiger partial charge in [-0.15, -0.1) is 0 Å². The van der Waals surface area contributed by atoms with E-state index in [1.165, 1.54) is 7.11 Å². The third-order valence-corrected chi connectivity index (χ3v) is 2.50. The van der Waals surface area contributed by atoms with Crippen molar-refractivity contribution in [2.24, 2.45) is 0 Å². The van der Waals surface area contributed by atoms with Gasteiger partial charge in [-0.3, -0.25) is 4.79 Å². The normalized spacial score (nSPS) is 10.3. The Morgan fingerprint density at radius 1 is 1.35 bits per heavy atom. The van der Waals surface area contributed by atoms with Crippen LogP contribution < -0.4 is 0 Å². The van der Waals surface area contributed by atoms with Crippen molar-refractivity contribution in [3.05, 3.63) is 17.0 Å². The molecule has 0 aliphatic rings. The third-order valence-electron chi connectivity index (χ3n) is 2.50. The number of Topliss-reactive ketones (excluding diaryl/α,β-unsaturated/α-hetero) is 1. The number of carbonyl (C=O) groups is 2. The number of esters is 1. The van der Waals surface area contributed by atoms with Crippen LogP contribution in [0.4, 0.5) is 0 Å². The highest BCUT2D eigenvalue weighted by Crippen LogP contribution is 2.18. The molecule has 0 bridgehead atoms. The number of ketones is 1. The van der Waals surface area contributed by atoms with Gasteiger partial charge in [-0.05, 0) is 12.8 Å². The number of unbranched alkanes of at least 4 members (excludes halogenated alkanes) is 1. The minimum Gasteiger partial charge on any atom is -0.465 e. The molecule has 17 heavy (non-hydrogen) atoms. The number of hydrogen-bond donors (Lipinski definition) is 0. The van der Waals surface area contributed by atoms with Crippen LogP contribution in [0.25, 0.3) is 0 Å². The highest BCUT2D eigenvalue weighted by atomic mass is 16.5. The highest BCUT2D eigenvalue weighted by Gasteiger charge is 2.26. The molecule has 94 valence electrons. The van der Waals surface area contributed by atoms with Crippen molar-refractivity contribution in [2.75, 3.05) is 7.11 Å². The van der Waals surface area contributed by atoms with Crippen LogP contribution in [-0.2, 0) is 11.2 Å². The molecule has 0 unspecified atom stereocenters. The number of ether oxygens (including phenoxy) is 1. The molecule has 0 amide bonds. The van der Waals surface area contributed by atoms with E-state index < -0.39 is 5.97 Å². The summed E-state index contributed by atoms with van der Waals surface area (Å²) < 4.78 is 9.61. The smallest absolute Gasteiger partial charge is 0.343 e. The highest BCUT2D eigenvalue weighted by molar-refractivity contribution is 6.04. The van der Waals surface area contributed by atoms with Gasteiger partial charge in [-0.1, -0.05) is 25.4 Å². The minimum atomic E-state index is -0.567. The largest absolute Gasteiger partial charge is 0.465 e. The molecule has 5 nitrogen and oxygen atoms in total. The van der Waals surface area contributed by atoms with Gasteiger partial charge in [0, 0.05) is 6.42 Å². The van der Waals surface area contributed by atoms with E-state index in [4.69, 9.17) is 4.52 Å². The Morgan fingerprint density at radius 2 is 2.06 bits per heavy atom. The van der Waals surface area contributed by atoms with Gasteiger partial charge in [0.2, 0.25) is 11.5 Å². The Balaban J connectivity index is 3.03. The summed E-state index contributed by atoms with van der Waals surface area (Å²) in [6, 6.07) is 0. The number of aryl methyl sites for hydroxylation is 1.